The molecule has 14 heavy (non-hydrogen) atoms. The molecule has 4 N–H and O–H groups in total. The molecule has 0 radical (unpaired) electrons. The van der Waals surface area contributed by atoms with Crippen LogP contribution < -0.4 is 11.1 Å². The van der Waals surface area contributed by atoms with E-state index in [0.29, 0.717) is 11.8 Å². The van der Waals surface area contributed by atoms with Crippen LogP contribution in [0, 0.1) is 0 Å². The molecule has 0 aromatic heterocycles. The van der Waals surface area contributed by atoms with E-state index in [1.165, 1.54) is 0 Å². The van der Waals surface area contributed by atoms with Crippen LogP contribution in [0.1, 0.15) is 30.5 Å². The molecule has 1 aliphatic rings. The largest absolute Gasteiger partial charge is 0.508 e. The van der Waals surface area contributed by atoms with Crippen LogP contribution >= 0.6 is 0 Å². The predicted molar refractivity (Wildman–Crippen MR) is 57.3 cm³/mol. The second-order valence-corrected chi connectivity index (χ2v) is 3.73. The summed E-state index contributed by atoms with van der Waals surface area (Å²) in [5, 5.41) is 13.1. The van der Waals surface area contributed by atoms with Crippen molar-refractivity contribution in [3.8, 4) is 5.75 Å². The predicted octanol–water partition coefficient (Wildman–Crippen LogP) is 1.57. The Bertz CT molecular complexity index is 349. The lowest BCUT2D eigenvalue weighted by Gasteiger charge is -2.27. The summed E-state index contributed by atoms with van der Waals surface area (Å²) in [4.78, 5) is 0. The molecule has 0 saturated carbocycles. The first kappa shape index (κ1) is 9.34. The average Bonchev–Trinajstić information content (AvgIpc) is 2.23. The molecule has 3 heteroatoms. The van der Waals surface area contributed by atoms with Crippen LogP contribution in [0.15, 0.2) is 12.1 Å². The number of hydrogen-bond acceptors (Lipinski definition) is 3. The van der Waals surface area contributed by atoms with Crippen molar-refractivity contribution < 1.29 is 5.11 Å². The molecule has 76 valence electrons. The van der Waals surface area contributed by atoms with Gasteiger partial charge in [0.2, 0.25) is 0 Å². The Morgan fingerprint density at radius 2 is 2.36 bits per heavy atom. The molecule has 0 amide bonds. The number of nitrogens with one attached hydrogen (secondary N) is 1. The Morgan fingerprint density at radius 3 is 3.07 bits per heavy atom. The molecular weight excluding hydrogens is 176 g/mol. The molecule has 0 saturated heterocycles. The van der Waals surface area contributed by atoms with E-state index in [-0.39, 0.29) is 0 Å². The van der Waals surface area contributed by atoms with E-state index in [1.807, 2.05) is 0 Å². The zero-order valence-electron chi connectivity index (χ0n) is 8.38. The minimum absolute atomic E-state index is 0.297. The third kappa shape index (κ3) is 1.34. The van der Waals surface area contributed by atoms with Gasteiger partial charge in [-0.15, -0.1) is 0 Å². The van der Waals surface area contributed by atoms with Gasteiger partial charge in [0.05, 0.1) is 0 Å². The van der Waals surface area contributed by atoms with E-state index in [1.54, 1.807) is 12.1 Å². The van der Waals surface area contributed by atoms with Crippen molar-refractivity contribution in [1.29, 1.82) is 0 Å². The van der Waals surface area contributed by atoms with E-state index >= 15 is 0 Å². The van der Waals surface area contributed by atoms with Gasteiger partial charge in [-0.2, -0.15) is 0 Å². The fourth-order valence-corrected chi connectivity index (χ4v) is 2.17. The Hall–Kier alpha value is -1.22. The summed E-state index contributed by atoms with van der Waals surface area (Å²) in [7, 11) is 0. The third-order valence-corrected chi connectivity index (χ3v) is 2.89. The molecule has 1 aromatic rings. The lowest BCUT2D eigenvalue weighted by Crippen LogP contribution is -2.30. The van der Waals surface area contributed by atoms with Crippen molar-refractivity contribution in [3.63, 3.8) is 0 Å². The summed E-state index contributed by atoms with van der Waals surface area (Å²) in [6.45, 7) is 3.04. The fraction of sp³-hybridized carbons (Fsp3) is 0.455. The van der Waals surface area contributed by atoms with Gasteiger partial charge in [-0.05, 0) is 37.1 Å². The Morgan fingerprint density at radius 1 is 1.57 bits per heavy atom. The molecule has 3 nitrogen and oxygen atoms in total. The summed E-state index contributed by atoms with van der Waals surface area (Å²) in [6, 6.07) is 3.77. The summed E-state index contributed by atoms with van der Waals surface area (Å²) >= 11 is 0. The highest BCUT2D eigenvalue weighted by Gasteiger charge is 2.22. The molecule has 0 aliphatic carbocycles. The van der Waals surface area contributed by atoms with Gasteiger partial charge in [-0.25, -0.2) is 0 Å². The minimum Gasteiger partial charge on any atom is -0.508 e. The molecule has 1 heterocycles. The van der Waals surface area contributed by atoms with Crippen LogP contribution in [0.3, 0.4) is 0 Å². The monoisotopic (exact) mass is 192 g/mol. The van der Waals surface area contributed by atoms with Gasteiger partial charge in [-0.3, -0.25) is 0 Å². The van der Waals surface area contributed by atoms with Gasteiger partial charge >= 0.3 is 0 Å². The molecular formula is C11H16N2O. The van der Waals surface area contributed by atoms with Gasteiger partial charge in [0.25, 0.3) is 0 Å². The van der Waals surface area contributed by atoms with Crippen LogP contribution in [-0.2, 0) is 6.42 Å². The lowest BCUT2D eigenvalue weighted by molar-refractivity contribution is 0.443. The zero-order valence-corrected chi connectivity index (χ0v) is 8.38. The fourth-order valence-electron chi connectivity index (χ4n) is 2.17. The first-order valence-corrected chi connectivity index (χ1v) is 5.07. The molecule has 1 unspecified atom stereocenters. The quantitative estimate of drug-likeness (QED) is 0.467. The van der Waals surface area contributed by atoms with E-state index in [0.717, 1.165) is 36.2 Å². The first-order valence-electron chi connectivity index (χ1n) is 5.07. The van der Waals surface area contributed by atoms with E-state index in [2.05, 4.69) is 12.2 Å². The van der Waals surface area contributed by atoms with Gasteiger partial charge in [0.15, 0.2) is 0 Å². The molecule has 1 atom stereocenters. The van der Waals surface area contributed by atoms with Gasteiger partial charge < -0.3 is 16.2 Å². The Balaban J connectivity index is 2.55. The standard InChI is InChI=1S/C11H16N2O/c1-2-9-11-7(5-6-13-9)10(14)4-3-8(11)12/h3-4,9,13-14H,2,5-6,12H2,1H3. The number of hydrogen-bond donors (Lipinski definition) is 3. The van der Waals surface area contributed by atoms with Crippen molar-refractivity contribution in [2.45, 2.75) is 25.8 Å². The molecule has 0 spiro atoms. The van der Waals surface area contributed by atoms with Crippen LogP contribution in [-0.4, -0.2) is 11.7 Å². The van der Waals surface area contributed by atoms with Crippen LogP contribution in [0.5, 0.6) is 5.75 Å². The molecule has 1 aliphatic heterocycles. The number of anilines is 1. The van der Waals surface area contributed by atoms with Gasteiger partial charge in [0.1, 0.15) is 5.75 Å². The van der Waals surface area contributed by atoms with Crippen LogP contribution in [0.25, 0.3) is 0 Å². The number of benzene rings is 1. The van der Waals surface area contributed by atoms with Gasteiger partial charge in [-0.1, -0.05) is 6.92 Å². The molecule has 0 bridgehead atoms. The number of phenols is 1. The Kier molecular flexibility index (Phi) is 2.33. The normalized spacial score (nSPS) is 20.5. The number of nitrogens with two attached hydrogens (primary N) is 1. The highest BCUT2D eigenvalue weighted by atomic mass is 16.3. The highest BCUT2D eigenvalue weighted by molar-refractivity contribution is 5.58. The van der Waals surface area contributed by atoms with E-state index in [9.17, 15) is 5.11 Å². The number of rotatable bonds is 1. The molecule has 2 rings (SSSR count). The molecule has 1 aromatic carbocycles. The summed E-state index contributed by atoms with van der Waals surface area (Å²) < 4.78 is 0. The summed E-state index contributed by atoms with van der Waals surface area (Å²) in [6.07, 6.45) is 1.86. The number of aromatic hydroxyl groups is 1. The Labute approximate surface area is 83.9 Å². The third-order valence-electron chi connectivity index (χ3n) is 2.89. The second kappa shape index (κ2) is 3.50. The number of fused-ring (bicyclic) bond motifs is 1. The SMILES string of the molecule is CCC1NCCc2c(O)ccc(N)c21. The summed E-state index contributed by atoms with van der Waals surface area (Å²) in [5.74, 6) is 0.383. The van der Waals surface area contributed by atoms with Crippen LogP contribution in [0.4, 0.5) is 5.69 Å². The van der Waals surface area contributed by atoms with Crippen molar-refractivity contribution in [3.05, 3.63) is 23.3 Å². The van der Waals surface area contributed by atoms with Crippen molar-refractivity contribution in [1.82, 2.24) is 5.32 Å². The van der Waals surface area contributed by atoms with E-state index < -0.39 is 0 Å². The van der Waals surface area contributed by atoms with Crippen molar-refractivity contribution in [2.75, 3.05) is 12.3 Å². The first-order chi connectivity index (χ1) is 6.74. The zero-order chi connectivity index (χ0) is 10.1. The maximum Gasteiger partial charge on any atom is 0.119 e. The van der Waals surface area contributed by atoms with Gasteiger partial charge in [0, 0.05) is 17.3 Å². The van der Waals surface area contributed by atoms with Crippen molar-refractivity contribution in [2.24, 2.45) is 0 Å². The smallest absolute Gasteiger partial charge is 0.119 e. The van der Waals surface area contributed by atoms with E-state index in [4.69, 9.17) is 5.73 Å². The number of nitrogen functional groups attached to an aromatic ring is 1. The highest BCUT2D eigenvalue weighted by Crippen LogP contribution is 2.35. The average molecular weight is 192 g/mol. The second-order valence-electron chi connectivity index (χ2n) is 3.73. The maximum absolute atomic E-state index is 9.71. The number of phenolic OH excluding ortho intramolecular Hbond substituents is 1. The maximum atomic E-state index is 9.71. The topological polar surface area (TPSA) is 58.3 Å². The lowest BCUT2D eigenvalue weighted by atomic mass is 9.91. The van der Waals surface area contributed by atoms with Crippen LogP contribution in [0.2, 0.25) is 0 Å². The van der Waals surface area contributed by atoms with Crippen molar-refractivity contribution >= 4 is 5.69 Å². The molecule has 0 fully saturated rings. The minimum atomic E-state index is 0.297. The summed E-state index contributed by atoms with van der Waals surface area (Å²) in [5.41, 5.74) is 8.83.